The molecule has 13 nitrogen and oxygen atoms in total. The highest BCUT2D eigenvalue weighted by atomic mass is 31.3. The van der Waals surface area contributed by atoms with E-state index >= 15 is 0 Å². The zero-order chi connectivity index (χ0) is 26.8. The maximum Gasteiger partial charge on any atom is 0.330 e. The van der Waals surface area contributed by atoms with Crippen LogP contribution in [0.2, 0.25) is 0 Å². The fraction of sp³-hybridized carbons (Fsp3) is 0.500. The number of phosphoric acid groups is 1. The van der Waals surface area contributed by atoms with Gasteiger partial charge in [-0.3, -0.25) is 23.2 Å². The summed E-state index contributed by atoms with van der Waals surface area (Å²) in [5.74, 6) is 0. The smallest absolute Gasteiger partial charge is 0.330 e. The van der Waals surface area contributed by atoms with Gasteiger partial charge in [0.05, 0.1) is 6.61 Å². The summed E-state index contributed by atoms with van der Waals surface area (Å²) in [6.07, 6.45) is -5.94. The number of aromatic nitrogens is 2. The van der Waals surface area contributed by atoms with Crippen LogP contribution in [0, 0.1) is 0 Å². The molecule has 0 saturated carbocycles. The average molecular weight is 536 g/mol. The topological polar surface area (TPSA) is 203 Å². The van der Waals surface area contributed by atoms with E-state index in [1.54, 1.807) is 18.2 Å². The highest BCUT2D eigenvalue weighted by Crippen LogP contribution is 2.56. The highest BCUT2D eigenvalue weighted by molar-refractivity contribution is 7.62. The van der Waals surface area contributed by atoms with Gasteiger partial charge >= 0.3 is 5.69 Å². The van der Waals surface area contributed by atoms with Gasteiger partial charge in [-0.1, -0.05) is 58.0 Å². The third kappa shape index (κ3) is 9.23. The lowest BCUT2D eigenvalue weighted by molar-refractivity contribution is -0.234. The fourth-order valence-corrected chi connectivity index (χ4v) is 5.53. The van der Waals surface area contributed by atoms with E-state index in [2.05, 4.69) is 8.83 Å². The first kappa shape index (κ1) is 31.1. The minimum absolute atomic E-state index is 0.299. The van der Waals surface area contributed by atoms with Crippen molar-refractivity contribution in [3.05, 3.63) is 69.0 Å². The minimum Gasteiger partial charge on any atom is -0.778 e. The Labute approximate surface area is 202 Å². The number of H-pyrrole nitrogens is 1. The lowest BCUT2D eigenvalue weighted by Crippen LogP contribution is -2.37. The Morgan fingerprint density at radius 3 is 2.20 bits per heavy atom. The van der Waals surface area contributed by atoms with E-state index in [0.29, 0.717) is 5.56 Å². The number of nitrogens with zero attached hydrogens (tertiary/aromatic N) is 1. The van der Waals surface area contributed by atoms with Crippen LogP contribution in [-0.2, 0) is 28.9 Å². The summed E-state index contributed by atoms with van der Waals surface area (Å²) in [4.78, 5) is 48.8. The molecule has 6 atom stereocenters. The molecule has 1 aliphatic heterocycles. The molecule has 0 aliphatic carbocycles. The van der Waals surface area contributed by atoms with Crippen LogP contribution in [-0.4, -0.2) is 44.7 Å². The molecule has 0 amide bonds. The number of ether oxygens (including phenoxy) is 1. The molecular weight excluding hydrogens is 506 g/mol. The molecule has 2 heterocycles. The Kier molecular flexibility index (Phi) is 12.4. The van der Waals surface area contributed by atoms with Crippen LogP contribution >= 0.6 is 15.4 Å². The van der Waals surface area contributed by atoms with E-state index in [1.165, 1.54) is 12.1 Å². The number of aliphatic hydroxyl groups is 2. The standard InChI is InChI=1S/C16H20N2O11P2.2C2H6/c19-12-6-7-18(16(22)17-12)15-14(21)13(20)11(28-15)8-27-31(25,26)29-30(23,24)9-10-4-2-1-3-5-10;2*1-2/h1-7,11,13-15,20-21H,8-9H2,(H,23,24)(H,25,26)(H,17,19,22);2*1-2H3/p-2/t11-,13?,14+,15-;;/m1../s1. The third-order valence-corrected chi connectivity index (χ3v) is 7.32. The molecule has 3 unspecified atom stereocenters. The van der Waals surface area contributed by atoms with Crippen LogP contribution in [0.4, 0.5) is 0 Å². The number of phosphoric ester groups is 1. The second kappa shape index (κ2) is 14.0. The predicted molar refractivity (Wildman–Crippen MR) is 122 cm³/mol. The van der Waals surface area contributed by atoms with Crippen molar-refractivity contribution < 1.29 is 42.7 Å². The number of aliphatic hydroxyl groups excluding tert-OH is 2. The Hall–Kier alpha value is -1.92. The summed E-state index contributed by atoms with van der Waals surface area (Å²) in [6.45, 7) is 7.10. The Morgan fingerprint density at radius 2 is 1.63 bits per heavy atom. The molecule has 0 spiro atoms. The van der Waals surface area contributed by atoms with Gasteiger partial charge in [0.15, 0.2) is 6.23 Å². The van der Waals surface area contributed by atoms with Gasteiger partial charge in [-0.05, 0) is 5.56 Å². The van der Waals surface area contributed by atoms with E-state index in [4.69, 9.17) is 4.74 Å². The second-order valence-corrected chi connectivity index (χ2v) is 9.99. The van der Waals surface area contributed by atoms with Gasteiger partial charge < -0.3 is 33.8 Å². The zero-order valence-electron chi connectivity index (χ0n) is 19.7. The monoisotopic (exact) mass is 536 g/mol. The largest absolute Gasteiger partial charge is 0.778 e. The molecule has 35 heavy (non-hydrogen) atoms. The lowest BCUT2D eigenvalue weighted by Gasteiger charge is -2.32. The maximum absolute atomic E-state index is 12.0. The first-order valence-corrected chi connectivity index (χ1v) is 14.0. The molecular formula is C20H30N2O11P2-2. The first-order valence-electron chi connectivity index (χ1n) is 10.8. The summed E-state index contributed by atoms with van der Waals surface area (Å²) in [5, 5.41) is 20.2. The van der Waals surface area contributed by atoms with Crippen LogP contribution < -0.4 is 21.0 Å². The van der Waals surface area contributed by atoms with Crippen molar-refractivity contribution >= 4 is 15.4 Å². The Bertz CT molecular complexity index is 1120. The zero-order valence-corrected chi connectivity index (χ0v) is 21.5. The molecule has 198 valence electrons. The van der Waals surface area contributed by atoms with Crippen molar-refractivity contribution in [2.75, 3.05) is 6.61 Å². The van der Waals surface area contributed by atoms with Gasteiger partial charge in [0.2, 0.25) is 0 Å². The number of rotatable bonds is 8. The van der Waals surface area contributed by atoms with E-state index in [0.717, 1.165) is 16.8 Å². The van der Waals surface area contributed by atoms with Crippen molar-refractivity contribution in [2.45, 2.75) is 58.4 Å². The van der Waals surface area contributed by atoms with E-state index in [9.17, 15) is 38.7 Å². The van der Waals surface area contributed by atoms with Gasteiger partial charge in [0, 0.05) is 18.4 Å². The number of nitrogens with one attached hydrogen (secondary N) is 1. The summed E-state index contributed by atoms with van der Waals surface area (Å²) in [5.41, 5.74) is -1.33. The minimum atomic E-state index is -5.37. The molecule has 1 fully saturated rings. The molecule has 1 aromatic heterocycles. The number of benzene rings is 1. The van der Waals surface area contributed by atoms with Gasteiger partial charge in [-0.15, -0.1) is 0 Å². The Morgan fingerprint density at radius 1 is 1.03 bits per heavy atom. The fourth-order valence-electron chi connectivity index (χ4n) is 2.90. The van der Waals surface area contributed by atoms with Crippen molar-refractivity contribution in [1.29, 1.82) is 0 Å². The summed E-state index contributed by atoms with van der Waals surface area (Å²) in [7, 11) is -10.3. The molecule has 1 aromatic carbocycles. The van der Waals surface area contributed by atoms with Crippen molar-refractivity contribution in [3.63, 3.8) is 0 Å². The van der Waals surface area contributed by atoms with Crippen molar-refractivity contribution in [3.8, 4) is 0 Å². The second-order valence-electron chi connectivity index (χ2n) is 6.64. The molecule has 3 N–H and O–H groups in total. The lowest BCUT2D eigenvalue weighted by atomic mass is 10.1. The van der Waals surface area contributed by atoms with Crippen LogP contribution in [0.5, 0.6) is 0 Å². The van der Waals surface area contributed by atoms with Gasteiger partial charge in [0.1, 0.15) is 25.9 Å². The van der Waals surface area contributed by atoms with Gasteiger partial charge in [0.25, 0.3) is 13.4 Å². The summed E-state index contributed by atoms with van der Waals surface area (Å²) in [6, 6.07) is 8.69. The number of hydrogen-bond acceptors (Lipinski definition) is 11. The van der Waals surface area contributed by atoms with Crippen LogP contribution in [0.25, 0.3) is 0 Å². The molecule has 0 radical (unpaired) electrons. The average Bonchev–Trinajstić information content (AvgIpc) is 3.08. The van der Waals surface area contributed by atoms with Crippen LogP contribution in [0.15, 0.2) is 52.2 Å². The van der Waals surface area contributed by atoms with Gasteiger partial charge in [-0.25, -0.2) is 4.79 Å². The summed E-state index contributed by atoms with van der Waals surface area (Å²) < 4.78 is 38.7. The molecule has 15 heteroatoms. The molecule has 0 bridgehead atoms. The molecule has 1 saturated heterocycles. The van der Waals surface area contributed by atoms with E-state index < -0.39 is 64.0 Å². The predicted octanol–water partition coefficient (Wildman–Crippen LogP) is 0.463. The van der Waals surface area contributed by atoms with Crippen LogP contribution in [0.3, 0.4) is 0 Å². The normalized spacial score (nSPS) is 24.7. The van der Waals surface area contributed by atoms with Gasteiger partial charge in [-0.2, -0.15) is 0 Å². The molecule has 1 aliphatic rings. The van der Waals surface area contributed by atoms with E-state index in [1.807, 2.05) is 32.7 Å². The summed E-state index contributed by atoms with van der Waals surface area (Å²) >= 11 is 0. The highest BCUT2D eigenvalue weighted by Gasteiger charge is 2.44. The number of aromatic amines is 1. The van der Waals surface area contributed by atoms with Crippen molar-refractivity contribution in [1.82, 2.24) is 9.55 Å². The van der Waals surface area contributed by atoms with Crippen molar-refractivity contribution in [2.24, 2.45) is 0 Å². The quantitative estimate of drug-likeness (QED) is 0.396. The number of hydrogen-bond donors (Lipinski definition) is 3. The molecule has 3 rings (SSSR count). The van der Waals surface area contributed by atoms with E-state index in [-0.39, 0.29) is 0 Å². The first-order chi connectivity index (χ1) is 16.5. The Balaban J connectivity index is 0.00000145. The third-order valence-electron chi connectivity index (χ3n) is 4.30. The van der Waals surface area contributed by atoms with Crippen LogP contribution in [0.1, 0.15) is 39.5 Å². The SMILES string of the molecule is CC.CC.O=c1ccn([C@@H]2O[C@H](COP(=O)([O-])OP(=O)([O-])Cc3ccccc3)C(O)[C@@H]2O)c(=O)[nH]1. The maximum atomic E-state index is 12.0. The molecule has 2 aromatic rings.